The van der Waals surface area contributed by atoms with Crippen molar-refractivity contribution in [1.29, 1.82) is 0 Å². The SMILES string of the molecule is CCc1ccc(-c2cc(Cl)nc(Cl)c2CC(C)(C)CO)c(F)c1. The number of aromatic nitrogens is 1. The Morgan fingerprint density at radius 2 is 1.87 bits per heavy atom. The van der Waals surface area contributed by atoms with Gasteiger partial charge < -0.3 is 5.11 Å². The first kappa shape index (κ1) is 18.2. The third-order valence-corrected chi connectivity index (χ3v) is 4.36. The number of aliphatic hydroxyl groups is 1. The highest BCUT2D eigenvalue weighted by molar-refractivity contribution is 6.33. The Hall–Kier alpha value is -1.16. The monoisotopic (exact) mass is 355 g/mol. The third kappa shape index (κ3) is 4.23. The lowest BCUT2D eigenvalue weighted by atomic mass is 9.84. The van der Waals surface area contributed by atoms with E-state index in [0.29, 0.717) is 23.1 Å². The number of halogens is 3. The van der Waals surface area contributed by atoms with E-state index in [2.05, 4.69) is 4.98 Å². The van der Waals surface area contributed by atoms with Gasteiger partial charge in [0.1, 0.15) is 16.1 Å². The molecular formula is C18H20Cl2FNO. The molecule has 2 rings (SSSR count). The van der Waals surface area contributed by atoms with Crippen molar-refractivity contribution >= 4 is 23.2 Å². The van der Waals surface area contributed by atoms with Crippen LogP contribution in [-0.4, -0.2) is 16.7 Å². The minimum atomic E-state index is -0.395. The molecule has 0 aliphatic carbocycles. The van der Waals surface area contributed by atoms with Crippen LogP contribution in [0, 0.1) is 11.2 Å². The molecule has 1 N–H and O–H groups in total. The molecule has 0 spiro atoms. The summed E-state index contributed by atoms with van der Waals surface area (Å²) in [5.41, 5.74) is 2.29. The Morgan fingerprint density at radius 3 is 2.43 bits per heavy atom. The smallest absolute Gasteiger partial charge is 0.134 e. The standard InChI is InChI=1S/C18H20Cl2FNO/c1-4-11-5-6-12(15(21)7-11)13-8-16(19)22-17(20)14(13)9-18(2,3)10-23/h5-8,23H,4,9-10H2,1-3H3. The summed E-state index contributed by atoms with van der Waals surface area (Å²) in [4.78, 5) is 4.07. The van der Waals surface area contributed by atoms with Crippen LogP contribution in [0.3, 0.4) is 0 Å². The second kappa shape index (κ2) is 7.16. The van der Waals surface area contributed by atoms with Gasteiger partial charge in [-0.05, 0) is 47.1 Å². The average molecular weight is 356 g/mol. The van der Waals surface area contributed by atoms with Crippen molar-refractivity contribution in [2.45, 2.75) is 33.6 Å². The van der Waals surface area contributed by atoms with Crippen molar-refractivity contribution in [2.75, 3.05) is 6.61 Å². The topological polar surface area (TPSA) is 33.1 Å². The molecule has 124 valence electrons. The maximum absolute atomic E-state index is 14.5. The molecule has 0 aliphatic heterocycles. The first-order chi connectivity index (χ1) is 10.8. The van der Waals surface area contributed by atoms with E-state index in [0.717, 1.165) is 12.0 Å². The van der Waals surface area contributed by atoms with Gasteiger partial charge in [0.2, 0.25) is 0 Å². The van der Waals surface area contributed by atoms with Crippen molar-refractivity contribution in [2.24, 2.45) is 5.41 Å². The molecule has 0 amide bonds. The van der Waals surface area contributed by atoms with Crippen LogP contribution in [0.15, 0.2) is 24.3 Å². The van der Waals surface area contributed by atoms with Crippen molar-refractivity contribution in [1.82, 2.24) is 4.98 Å². The summed E-state index contributed by atoms with van der Waals surface area (Å²) in [6, 6.07) is 6.78. The molecule has 0 fully saturated rings. The molecule has 1 heterocycles. The van der Waals surface area contributed by atoms with E-state index in [9.17, 15) is 9.50 Å². The predicted molar refractivity (Wildman–Crippen MR) is 93.6 cm³/mol. The summed E-state index contributed by atoms with van der Waals surface area (Å²) in [7, 11) is 0. The van der Waals surface area contributed by atoms with Crippen LogP contribution in [-0.2, 0) is 12.8 Å². The second-order valence-electron chi connectivity index (χ2n) is 6.43. The van der Waals surface area contributed by atoms with E-state index in [1.54, 1.807) is 12.1 Å². The van der Waals surface area contributed by atoms with E-state index in [1.807, 2.05) is 26.8 Å². The molecule has 23 heavy (non-hydrogen) atoms. The molecular weight excluding hydrogens is 336 g/mol. The lowest BCUT2D eigenvalue weighted by Gasteiger charge is -2.24. The summed E-state index contributed by atoms with van der Waals surface area (Å²) in [5.74, 6) is -0.314. The van der Waals surface area contributed by atoms with Crippen molar-refractivity contribution in [3.63, 3.8) is 0 Å². The van der Waals surface area contributed by atoms with Gasteiger partial charge in [-0.1, -0.05) is 56.1 Å². The first-order valence-electron chi connectivity index (χ1n) is 7.52. The minimum absolute atomic E-state index is 0.0113. The zero-order valence-corrected chi connectivity index (χ0v) is 15.0. The van der Waals surface area contributed by atoms with Gasteiger partial charge in [-0.2, -0.15) is 0 Å². The summed E-state index contributed by atoms with van der Waals surface area (Å²) in [5, 5.41) is 9.98. The number of hydrogen-bond acceptors (Lipinski definition) is 2. The van der Waals surface area contributed by atoms with Crippen LogP contribution >= 0.6 is 23.2 Å². The Morgan fingerprint density at radius 1 is 1.17 bits per heavy atom. The maximum Gasteiger partial charge on any atom is 0.134 e. The van der Waals surface area contributed by atoms with E-state index in [-0.39, 0.29) is 22.7 Å². The van der Waals surface area contributed by atoms with Gasteiger partial charge in [0.15, 0.2) is 0 Å². The van der Waals surface area contributed by atoms with E-state index < -0.39 is 5.41 Å². The molecule has 0 bridgehead atoms. The van der Waals surface area contributed by atoms with Crippen LogP contribution in [0.25, 0.3) is 11.1 Å². The number of hydrogen-bond donors (Lipinski definition) is 1. The molecule has 2 nitrogen and oxygen atoms in total. The summed E-state index contributed by atoms with van der Waals surface area (Å²) in [6.07, 6.45) is 1.23. The number of rotatable bonds is 5. The number of aryl methyl sites for hydroxylation is 1. The van der Waals surface area contributed by atoms with Gasteiger partial charge in [-0.3, -0.25) is 0 Å². The third-order valence-electron chi connectivity index (χ3n) is 3.86. The van der Waals surface area contributed by atoms with Gasteiger partial charge in [0, 0.05) is 12.2 Å². The Bertz CT molecular complexity index is 716. The summed E-state index contributed by atoms with van der Waals surface area (Å²) < 4.78 is 14.5. The van der Waals surface area contributed by atoms with Crippen LogP contribution < -0.4 is 0 Å². The van der Waals surface area contributed by atoms with Crippen LogP contribution in [0.2, 0.25) is 10.3 Å². The van der Waals surface area contributed by atoms with Gasteiger partial charge in [-0.25, -0.2) is 9.37 Å². The zero-order valence-electron chi connectivity index (χ0n) is 13.5. The van der Waals surface area contributed by atoms with Crippen LogP contribution in [0.1, 0.15) is 31.9 Å². The molecule has 0 saturated carbocycles. The largest absolute Gasteiger partial charge is 0.396 e. The number of nitrogens with zero attached hydrogens (tertiary/aromatic N) is 1. The minimum Gasteiger partial charge on any atom is -0.396 e. The van der Waals surface area contributed by atoms with Crippen molar-refractivity contribution < 1.29 is 9.50 Å². The Labute approximate surface area is 146 Å². The maximum atomic E-state index is 14.5. The van der Waals surface area contributed by atoms with Crippen LogP contribution in [0.4, 0.5) is 4.39 Å². The molecule has 0 aliphatic rings. The molecule has 0 unspecified atom stereocenters. The fourth-order valence-corrected chi connectivity index (χ4v) is 2.95. The molecule has 1 aromatic carbocycles. The molecule has 0 radical (unpaired) electrons. The van der Waals surface area contributed by atoms with E-state index >= 15 is 0 Å². The predicted octanol–water partition coefficient (Wildman–Crippen LogP) is 5.32. The van der Waals surface area contributed by atoms with Gasteiger partial charge >= 0.3 is 0 Å². The number of pyridine rings is 1. The second-order valence-corrected chi connectivity index (χ2v) is 7.17. The normalized spacial score (nSPS) is 11.8. The summed E-state index contributed by atoms with van der Waals surface area (Å²) >= 11 is 12.3. The van der Waals surface area contributed by atoms with Gasteiger partial charge in [0.05, 0.1) is 0 Å². The highest BCUT2D eigenvalue weighted by Crippen LogP contribution is 2.36. The quantitative estimate of drug-likeness (QED) is 0.736. The lowest BCUT2D eigenvalue weighted by Crippen LogP contribution is -2.20. The lowest BCUT2D eigenvalue weighted by molar-refractivity contribution is 0.160. The number of benzene rings is 1. The highest BCUT2D eigenvalue weighted by atomic mass is 35.5. The molecule has 0 saturated heterocycles. The zero-order chi connectivity index (χ0) is 17.2. The van der Waals surface area contributed by atoms with E-state index in [1.165, 1.54) is 6.07 Å². The van der Waals surface area contributed by atoms with E-state index in [4.69, 9.17) is 23.2 Å². The van der Waals surface area contributed by atoms with Crippen molar-refractivity contribution in [3.8, 4) is 11.1 Å². The molecule has 5 heteroatoms. The summed E-state index contributed by atoms with van der Waals surface area (Å²) in [6.45, 7) is 5.79. The van der Waals surface area contributed by atoms with Gasteiger partial charge in [0.25, 0.3) is 0 Å². The first-order valence-corrected chi connectivity index (χ1v) is 8.27. The fraction of sp³-hybridized carbons (Fsp3) is 0.389. The fourth-order valence-electron chi connectivity index (χ4n) is 2.45. The Kier molecular flexibility index (Phi) is 5.66. The molecule has 0 atom stereocenters. The average Bonchev–Trinajstić information content (AvgIpc) is 2.49. The molecule has 2 aromatic rings. The highest BCUT2D eigenvalue weighted by Gasteiger charge is 2.23. The van der Waals surface area contributed by atoms with Crippen molar-refractivity contribution in [3.05, 3.63) is 51.5 Å². The molecule has 1 aromatic heterocycles. The van der Waals surface area contributed by atoms with Gasteiger partial charge in [-0.15, -0.1) is 0 Å². The van der Waals surface area contributed by atoms with Crippen LogP contribution in [0.5, 0.6) is 0 Å². The number of aliphatic hydroxyl groups excluding tert-OH is 1. The Balaban J connectivity index is 2.61.